The van der Waals surface area contributed by atoms with Gasteiger partial charge in [0.15, 0.2) is 5.82 Å². The molecule has 11 heteroatoms. The van der Waals surface area contributed by atoms with E-state index in [4.69, 9.17) is 16.3 Å². The predicted molar refractivity (Wildman–Crippen MR) is 132 cm³/mol. The number of rotatable bonds is 2. The van der Waals surface area contributed by atoms with Gasteiger partial charge in [-0.25, -0.2) is 23.6 Å². The van der Waals surface area contributed by atoms with Crippen molar-refractivity contribution in [3.8, 4) is 5.69 Å². The quantitative estimate of drug-likeness (QED) is 0.504. The Hall–Kier alpha value is -3.53. The zero-order chi connectivity index (χ0) is 26.6. The molecule has 2 heterocycles. The molecule has 1 aliphatic heterocycles. The molecule has 1 atom stereocenters. The standard InChI is InChI=1S/C25H26ClF2N5O3/c1-13-29-17-10-7-14(26)11-18(17)33(13)21-16(27)9-8-15(20(21)28)25(5)12-19(34)32(6)22(31-25)30-23(35)36-24(2,3)4/h7-11H,12H2,1-6H3,(H,30,31,35)/t25-/m0/s1. The van der Waals surface area contributed by atoms with Crippen molar-refractivity contribution in [2.45, 2.75) is 52.2 Å². The van der Waals surface area contributed by atoms with Crippen molar-refractivity contribution in [2.75, 3.05) is 7.05 Å². The number of guanidine groups is 1. The second kappa shape index (κ2) is 8.85. The maximum absolute atomic E-state index is 16.1. The summed E-state index contributed by atoms with van der Waals surface area (Å²) in [5.74, 6) is -1.90. The van der Waals surface area contributed by atoms with Crippen molar-refractivity contribution in [1.29, 1.82) is 0 Å². The van der Waals surface area contributed by atoms with Crippen molar-refractivity contribution < 1.29 is 23.1 Å². The number of imidazole rings is 1. The van der Waals surface area contributed by atoms with Crippen LogP contribution in [-0.2, 0) is 15.1 Å². The highest BCUT2D eigenvalue weighted by Gasteiger charge is 2.40. The number of carbonyl (C=O) groups excluding carboxylic acids is 2. The lowest BCUT2D eigenvalue weighted by Gasteiger charge is -2.35. The average Bonchev–Trinajstić information content (AvgIpc) is 3.05. The van der Waals surface area contributed by atoms with Crippen molar-refractivity contribution in [3.63, 3.8) is 0 Å². The third-order valence-electron chi connectivity index (χ3n) is 5.81. The van der Waals surface area contributed by atoms with Crippen LogP contribution in [0.15, 0.2) is 35.3 Å². The molecule has 0 spiro atoms. The molecule has 0 aliphatic carbocycles. The molecule has 0 unspecified atom stereocenters. The summed E-state index contributed by atoms with van der Waals surface area (Å²) in [6.07, 6.45) is -1.02. The van der Waals surface area contributed by atoms with Crippen LogP contribution in [0.25, 0.3) is 16.7 Å². The van der Waals surface area contributed by atoms with Crippen molar-refractivity contribution >= 4 is 40.6 Å². The molecule has 2 aromatic carbocycles. The summed E-state index contributed by atoms with van der Waals surface area (Å²) in [6, 6.07) is 7.25. The van der Waals surface area contributed by atoms with Gasteiger partial charge < -0.3 is 4.74 Å². The van der Waals surface area contributed by atoms with E-state index in [2.05, 4.69) is 15.3 Å². The fraction of sp³-hybridized carbons (Fsp3) is 0.360. The van der Waals surface area contributed by atoms with Gasteiger partial charge in [0.05, 0.1) is 23.0 Å². The number of aliphatic imine (C=N–C) groups is 1. The fourth-order valence-corrected chi connectivity index (χ4v) is 4.32. The highest BCUT2D eigenvalue weighted by molar-refractivity contribution is 6.31. The predicted octanol–water partition coefficient (Wildman–Crippen LogP) is 5.22. The molecule has 0 radical (unpaired) electrons. The van der Waals surface area contributed by atoms with Crippen molar-refractivity contribution in [1.82, 2.24) is 19.8 Å². The van der Waals surface area contributed by atoms with E-state index in [1.807, 2.05) is 0 Å². The van der Waals surface area contributed by atoms with E-state index >= 15 is 8.78 Å². The molecule has 190 valence electrons. The number of fused-ring (bicyclic) bond motifs is 1. The largest absolute Gasteiger partial charge is 0.444 e. The molecule has 2 amide bonds. The summed E-state index contributed by atoms with van der Waals surface area (Å²) in [5, 5.41) is 2.85. The molecule has 8 nitrogen and oxygen atoms in total. The van der Waals surface area contributed by atoms with Gasteiger partial charge in [0.2, 0.25) is 11.9 Å². The highest BCUT2D eigenvalue weighted by Crippen LogP contribution is 2.38. The SMILES string of the molecule is Cc1nc2ccc(Cl)cc2n1-c1c(F)ccc([C@]2(C)CC(=O)N(C)C(NC(=O)OC(C)(C)C)=N2)c1F. The first-order chi connectivity index (χ1) is 16.7. The maximum atomic E-state index is 16.1. The lowest BCUT2D eigenvalue weighted by Crippen LogP contribution is -2.52. The third kappa shape index (κ3) is 4.65. The van der Waals surface area contributed by atoms with Crippen LogP contribution in [0.3, 0.4) is 0 Å². The molecule has 4 rings (SSSR count). The van der Waals surface area contributed by atoms with Gasteiger partial charge in [0.25, 0.3) is 0 Å². The van der Waals surface area contributed by atoms with E-state index in [0.29, 0.717) is 21.9 Å². The van der Waals surface area contributed by atoms with Crippen LogP contribution in [0.4, 0.5) is 13.6 Å². The number of nitrogens with zero attached hydrogens (tertiary/aromatic N) is 4. The van der Waals surface area contributed by atoms with Crippen LogP contribution in [0.1, 0.15) is 45.5 Å². The van der Waals surface area contributed by atoms with E-state index in [0.717, 1.165) is 11.0 Å². The summed E-state index contributed by atoms with van der Waals surface area (Å²) in [5.41, 5.74) is -1.66. The Labute approximate surface area is 211 Å². The van der Waals surface area contributed by atoms with Crippen LogP contribution < -0.4 is 5.32 Å². The number of aromatic nitrogens is 2. The lowest BCUT2D eigenvalue weighted by atomic mass is 9.86. The molecule has 1 aromatic heterocycles. The van der Waals surface area contributed by atoms with E-state index in [1.165, 1.54) is 17.7 Å². The minimum absolute atomic E-state index is 0.0212. The first-order valence-corrected chi connectivity index (χ1v) is 11.6. The number of ether oxygens (including phenoxy) is 1. The van der Waals surface area contributed by atoms with Crippen LogP contribution in [0.5, 0.6) is 0 Å². The molecule has 0 bridgehead atoms. The van der Waals surface area contributed by atoms with Crippen LogP contribution in [0.2, 0.25) is 5.02 Å². The number of aryl methyl sites for hydroxylation is 1. The average molecular weight is 518 g/mol. The summed E-state index contributed by atoms with van der Waals surface area (Å²) in [7, 11) is 1.44. The van der Waals surface area contributed by atoms with Gasteiger partial charge in [-0.05, 0) is 58.9 Å². The number of halogens is 3. The monoisotopic (exact) mass is 517 g/mol. The fourth-order valence-electron chi connectivity index (χ4n) is 4.15. The molecule has 1 aliphatic rings. The zero-order valence-corrected chi connectivity index (χ0v) is 21.5. The number of nitrogens with one attached hydrogen (secondary N) is 1. The van der Waals surface area contributed by atoms with Crippen molar-refractivity contribution in [3.05, 3.63) is 58.4 Å². The molecule has 0 fully saturated rings. The summed E-state index contributed by atoms with van der Waals surface area (Å²) >= 11 is 6.14. The summed E-state index contributed by atoms with van der Waals surface area (Å²) in [4.78, 5) is 35.2. The topological polar surface area (TPSA) is 88.8 Å². The normalized spacial score (nSPS) is 18.4. The molecule has 3 aromatic rings. The highest BCUT2D eigenvalue weighted by atomic mass is 35.5. The minimum Gasteiger partial charge on any atom is -0.444 e. The number of benzene rings is 2. The summed E-state index contributed by atoms with van der Waals surface area (Å²) in [6.45, 7) is 8.25. The summed E-state index contributed by atoms with van der Waals surface area (Å²) < 4.78 is 37.9. The van der Waals surface area contributed by atoms with Gasteiger partial charge in [-0.1, -0.05) is 17.7 Å². The van der Waals surface area contributed by atoms with Gasteiger partial charge >= 0.3 is 6.09 Å². The third-order valence-corrected chi connectivity index (χ3v) is 6.04. The molecule has 36 heavy (non-hydrogen) atoms. The Morgan fingerprint density at radius 3 is 2.58 bits per heavy atom. The number of carbonyl (C=O) groups is 2. The Morgan fingerprint density at radius 2 is 1.92 bits per heavy atom. The zero-order valence-electron chi connectivity index (χ0n) is 20.7. The molecule has 1 N–H and O–H groups in total. The van der Waals surface area contributed by atoms with Gasteiger partial charge in [0.1, 0.15) is 22.9 Å². The first-order valence-electron chi connectivity index (χ1n) is 11.2. The molecule has 0 saturated carbocycles. The smallest absolute Gasteiger partial charge is 0.414 e. The minimum atomic E-state index is -1.44. The van der Waals surface area contributed by atoms with Crippen molar-refractivity contribution in [2.24, 2.45) is 4.99 Å². The van der Waals surface area contributed by atoms with E-state index < -0.39 is 34.8 Å². The lowest BCUT2D eigenvalue weighted by molar-refractivity contribution is -0.128. The van der Waals surface area contributed by atoms with Gasteiger partial charge in [0, 0.05) is 17.6 Å². The van der Waals surface area contributed by atoms with Crippen LogP contribution in [-0.4, -0.2) is 45.1 Å². The first kappa shape index (κ1) is 25.6. The molecule has 0 saturated heterocycles. The van der Waals surface area contributed by atoms with Gasteiger partial charge in [-0.2, -0.15) is 0 Å². The van der Waals surface area contributed by atoms with Gasteiger partial charge in [-0.15, -0.1) is 0 Å². The Kier molecular flexibility index (Phi) is 6.28. The second-order valence-corrected chi connectivity index (χ2v) is 10.3. The van der Waals surface area contributed by atoms with E-state index in [-0.39, 0.29) is 23.6 Å². The number of hydrogen-bond donors (Lipinski definition) is 1. The number of hydrogen-bond acceptors (Lipinski definition) is 5. The van der Waals surface area contributed by atoms with E-state index in [9.17, 15) is 9.59 Å². The van der Waals surface area contributed by atoms with E-state index in [1.54, 1.807) is 52.8 Å². The second-order valence-electron chi connectivity index (χ2n) is 9.85. The maximum Gasteiger partial charge on any atom is 0.414 e. The Bertz CT molecular complexity index is 1430. The van der Waals surface area contributed by atoms with Gasteiger partial charge in [-0.3, -0.25) is 19.6 Å². The molecular formula is C25H26ClF2N5O3. The molecular weight excluding hydrogens is 492 g/mol. The van der Waals surface area contributed by atoms with Crippen LogP contribution in [0, 0.1) is 18.6 Å². The number of alkyl carbamates (subject to hydrolysis) is 1. The number of amides is 2. The van der Waals surface area contributed by atoms with Crippen LogP contribution >= 0.6 is 11.6 Å². The Morgan fingerprint density at radius 1 is 1.22 bits per heavy atom. The Balaban J connectivity index is 1.85.